The zero-order valence-electron chi connectivity index (χ0n) is 24.9. The van der Waals surface area contributed by atoms with Crippen LogP contribution in [0.4, 0.5) is 0 Å². The fourth-order valence-corrected chi connectivity index (χ4v) is 5.17. The first-order valence-electron chi connectivity index (χ1n) is 14.1. The van der Waals surface area contributed by atoms with Crippen molar-refractivity contribution in [1.29, 1.82) is 0 Å². The molecule has 0 amide bonds. The topological polar surface area (TPSA) is 54.4 Å². The molecule has 1 N–H and O–H groups in total. The van der Waals surface area contributed by atoms with E-state index in [1.54, 1.807) is 13.8 Å². The first kappa shape index (κ1) is 30.8. The quantitative estimate of drug-likeness (QED) is 0.294. The largest absolute Gasteiger partial charge is 0.507 e. The van der Waals surface area contributed by atoms with Crippen LogP contribution in [0.3, 0.4) is 0 Å². The van der Waals surface area contributed by atoms with Crippen molar-refractivity contribution in [1.82, 2.24) is 0 Å². The standard InChI is InChI=1S/C34H50O3/c1-23(35)14-10-12-16-26-18-28(25(3)30(20-26)33(4,5)6)22-29-19-27(17-13-11-15-24(2)36)21-31(32(29)37)34(7,8)9/h18-21,37H,10-17,22H2,1-9H3. The van der Waals surface area contributed by atoms with Crippen LogP contribution in [0.15, 0.2) is 24.3 Å². The van der Waals surface area contributed by atoms with Gasteiger partial charge in [-0.05, 0) is 109 Å². The minimum absolute atomic E-state index is 0.0192. The van der Waals surface area contributed by atoms with E-state index in [4.69, 9.17) is 0 Å². The molecule has 0 heterocycles. The number of aryl methyl sites for hydroxylation is 2. The number of phenolic OH excluding ortho intramolecular Hbond substituents is 1. The Balaban J connectivity index is 2.46. The molecule has 0 saturated carbocycles. The number of phenols is 1. The smallest absolute Gasteiger partial charge is 0.129 e. The second-order valence-corrected chi connectivity index (χ2v) is 13.1. The van der Waals surface area contributed by atoms with Crippen molar-refractivity contribution in [3.8, 4) is 5.75 Å². The van der Waals surface area contributed by atoms with E-state index in [2.05, 4.69) is 72.7 Å². The fourth-order valence-electron chi connectivity index (χ4n) is 5.17. The molecule has 204 valence electrons. The summed E-state index contributed by atoms with van der Waals surface area (Å²) in [4.78, 5) is 22.7. The van der Waals surface area contributed by atoms with Crippen molar-refractivity contribution in [2.45, 2.75) is 131 Å². The lowest BCUT2D eigenvalue weighted by atomic mass is 9.79. The van der Waals surface area contributed by atoms with Gasteiger partial charge < -0.3 is 14.7 Å². The molecule has 0 unspecified atom stereocenters. The van der Waals surface area contributed by atoms with Crippen LogP contribution in [0.2, 0.25) is 0 Å². The maximum absolute atomic E-state index is 11.4. The predicted molar refractivity (Wildman–Crippen MR) is 156 cm³/mol. The maximum atomic E-state index is 11.4. The highest BCUT2D eigenvalue weighted by molar-refractivity contribution is 5.75. The monoisotopic (exact) mass is 506 g/mol. The Bertz CT molecular complexity index is 1010. The molecule has 0 saturated heterocycles. The Hall–Kier alpha value is -2.42. The number of unbranched alkanes of at least 4 members (excludes halogenated alkanes) is 2. The van der Waals surface area contributed by atoms with Gasteiger partial charge in [-0.1, -0.05) is 65.8 Å². The zero-order chi connectivity index (χ0) is 28.0. The highest BCUT2D eigenvalue weighted by atomic mass is 16.3. The van der Waals surface area contributed by atoms with Gasteiger partial charge in [-0.2, -0.15) is 0 Å². The van der Waals surface area contributed by atoms with Crippen LogP contribution >= 0.6 is 0 Å². The molecule has 0 atom stereocenters. The third-order valence-electron chi connectivity index (χ3n) is 7.31. The Kier molecular flexibility index (Phi) is 10.7. The highest BCUT2D eigenvalue weighted by Gasteiger charge is 2.23. The molecular weight excluding hydrogens is 456 g/mol. The Morgan fingerprint density at radius 3 is 1.54 bits per heavy atom. The van der Waals surface area contributed by atoms with Gasteiger partial charge in [0.05, 0.1) is 0 Å². The van der Waals surface area contributed by atoms with Crippen LogP contribution in [-0.2, 0) is 39.7 Å². The molecule has 0 fully saturated rings. The van der Waals surface area contributed by atoms with Crippen LogP contribution < -0.4 is 0 Å². The number of hydrogen-bond acceptors (Lipinski definition) is 3. The lowest BCUT2D eigenvalue weighted by Gasteiger charge is -2.26. The second kappa shape index (κ2) is 12.9. The summed E-state index contributed by atoms with van der Waals surface area (Å²) < 4.78 is 0. The molecule has 0 aromatic heterocycles. The van der Waals surface area contributed by atoms with Crippen molar-refractivity contribution in [2.75, 3.05) is 0 Å². The lowest BCUT2D eigenvalue weighted by molar-refractivity contribution is -0.117. The molecule has 37 heavy (non-hydrogen) atoms. The molecular formula is C34H50O3. The summed E-state index contributed by atoms with van der Waals surface area (Å²) >= 11 is 0. The number of rotatable bonds is 12. The summed E-state index contributed by atoms with van der Waals surface area (Å²) in [5, 5.41) is 11.4. The van der Waals surface area contributed by atoms with E-state index >= 15 is 0 Å². The minimum Gasteiger partial charge on any atom is -0.507 e. The molecule has 2 rings (SSSR count). The van der Waals surface area contributed by atoms with Crippen LogP contribution in [0.5, 0.6) is 5.75 Å². The van der Waals surface area contributed by atoms with Gasteiger partial charge in [0.2, 0.25) is 0 Å². The van der Waals surface area contributed by atoms with Gasteiger partial charge in [0, 0.05) is 19.3 Å². The van der Waals surface area contributed by atoms with Gasteiger partial charge in [0.1, 0.15) is 17.3 Å². The molecule has 3 nitrogen and oxygen atoms in total. The van der Waals surface area contributed by atoms with Crippen LogP contribution in [0, 0.1) is 6.92 Å². The van der Waals surface area contributed by atoms with Gasteiger partial charge in [0.15, 0.2) is 0 Å². The number of benzene rings is 2. The number of Topliss-reactive ketones (excluding diaryl/α,β-unsaturated/α-hetero) is 2. The van der Waals surface area contributed by atoms with Crippen LogP contribution in [-0.4, -0.2) is 16.7 Å². The van der Waals surface area contributed by atoms with Crippen LogP contribution in [0.25, 0.3) is 0 Å². The highest BCUT2D eigenvalue weighted by Crippen LogP contribution is 2.37. The Labute approximate surface area is 226 Å². The molecule has 2 aromatic rings. The predicted octanol–water partition coefficient (Wildman–Crippen LogP) is 8.49. The summed E-state index contributed by atoms with van der Waals surface area (Å²) in [5.74, 6) is 0.905. The van der Waals surface area contributed by atoms with Crippen molar-refractivity contribution >= 4 is 11.6 Å². The van der Waals surface area contributed by atoms with Crippen LogP contribution in [0.1, 0.15) is 133 Å². The number of aromatic hydroxyl groups is 1. The van der Waals surface area contributed by atoms with E-state index in [1.807, 2.05) is 0 Å². The number of carbonyl (C=O) groups excluding carboxylic acids is 2. The van der Waals surface area contributed by atoms with E-state index < -0.39 is 0 Å². The SMILES string of the molecule is CC(=O)CCCCc1cc(Cc2cc(CCCCC(C)=O)cc(C(C)(C)C)c2O)c(C)c(C(C)(C)C)c1. The Morgan fingerprint density at radius 1 is 0.676 bits per heavy atom. The van der Waals surface area contributed by atoms with Gasteiger partial charge in [-0.3, -0.25) is 0 Å². The molecule has 0 aliphatic rings. The van der Waals surface area contributed by atoms with Crippen molar-refractivity contribution in [3.05, 3.63) is 63.2 Å². The molecule has 3 heteroatoms. The molecule has 0 aliphatic carbocycles. The van der Waals surface area contributed by atoms with E-state index in [1.165, 1.54) is 27.8 Å². The molecule has 0 bridgehead atoms. The second-order valence-electron chi connectivity index (χ2n) is 13.1. The lowest BCUT2D eigenvalue weighted by Crippen LogP contribution is -2.16. The average molecular weight is 507 g/mol. The molecule has 0 aliphatic heterocycles. The average Bonchev–Trinajstić information content (AvgIpc) is 2.76. The first-order chi connectivity index (χ1) is 17.1. The van der Waals surface area contributed by atoms with E-state index in [9.17, 15) is 14.7 Å². The number of hydrogen-bond donors (Lipinski definition) is 1. The van der Waals surface area contributed by atoms with Gasteiger partial charge in [-0.15, -0.1) is 0 Å². The maximum Gasteiger partial charge on any atom is 0.129 e. The third kappa shape index (κ3) is 9.43. The van der Waals surface area contributed by atoms with E-state index in [0.717, 1.165) is 49.7 Å². The van der Waals surface area contributed by atoms with E-state index in [-0.39, 0.29) is 22.4 Å². The van der Waals surface area contributed by atoms with Gasteiger partial charge in [-0.25, -0.2) is 0 Å². The summed E-state index contributed by atoms with van der Waals surface area (Å²) in [7, 11) is 0. The molecule has 2 aromatic carbocycles. The normalized spacial score (nSPS) is 12.1. The van der Waals surface area contributed by atoms with Crippen molar-refractivity contribution in [2.24, 2.45) is 0 Å². The molecule has 0 radical (unpaired) electrons. The van der Waals surface area contributed by atoms with Crippen molar-refractivity contribution in [3.63, 3.8) is 0 Å². The summed E-state index contributed by atoms with van der Waals surface area (Å²) in [6.45, 7) is 18.8. The first-order valence-corrected chi connectivity index (χ1v) is 14.1. The number of carbonyl (C=O) groups is 2. The van der Waals surface area contributed by atoms with Gasteiger partial charge >= 0.3 is 0 Å². The summed E-state index contributed by atoms with van der Waals surface area (Å²) in [6, 6.07) is 8.99. The van der Waals surface area contributed by atoms with Gasteiger partial charge in [0.25, 0.3) is 0 Å². The van der Waals surface area contributed by atoms with Crippen molar-refractivity contribution < 1.29 is 14.7 Å². The molecule has 0 spiro atoms. The summed E-state index contributed by atoms with van der Waals surface area (Å²) in [6.07, 6.45) is 7.62. The van der Waals surface area contributed by atoms with E-state index in [0.29, 0.717) is 25.0 Å². The number of ketones is 2. The third-order valence-corrected chi connectivity index (χ3v) is 7.31. The zero-order valence-corrected chi connectivity index (χ0v) is 24.9. The fraction of sp³-hybridized carbons (Fsp3) is 0.588. The summed E-state index contributed by atoms with van der Waals surface area (Å²) in [5.41, 5.74) is 8.26. The minimum atomic E-state index is -0.168. The Morgan fingerprint density at radius 2 is 1.11 bits per heavy atom.